The highest BCUT2D eigenvalue weighted by Gasteiger charge is 2.35. The molecule has 0 bridgehead atoms. The third-order valence-corrected chi connectivity index (χ3v) is 3.40. The van der Waals surface area contributed by atoms with Gasteiger partial charge in [0, 0.05) is 12.7 Å². The molecule has 2 heterocycles. The number of carbonyl (C=O) groups excluding carboxylic acids is 1. The summed E-state index contributed by atoms with van der Waals surface area (Å²) in [5.41, 5.74) is 0.756. The average molecular weight is 263 g/mol. The third kappa shape index (κ3) is 1.76. The Morgan fingerprint density at radius 3 is 2.89 bits per heavy atom. The molecule has 1 aliphatic heterocycles. The van der Waals surface area contributed by atoms with Gasteiger partial charge < -0.3 is 4.90 Å². The van der Waals surface area contributed by atoms with E-state index in [9.17, 15) is 4.79 Å². The van der Waals surface area contributed by atoms with Gasteiger partial charge in [-0.2, -0.15) is 0 Å². The van der Waals surface area contributed by atoms with Crippen LogP contribution in [0.5, 0.6) is 0 Å². The SMILES string of the molecule is O=C1C(n2ccnn2)CCN1c1ccccc1Cl. The Morgan fingerprint density at radius 2 is 2.17 bits per heavy atom. The van der Waals surface area contributed by atoms with E-state index in [1.807, 2.05) is 18.2 Å². The molecule has 0 aliphatic carbocycles. The fourth-order valence-electron chi connectivity index (χ4n) is 2.20. The van der Waals surface area contributed by atoms with E-state index in [1.165, 1.54) is 0 Å². The second-order valence-electron chi connectivity index (χ2n) is 4.13. The zero-order chi connectivity index (χ0) is 12.5. The summed E-state index contributed by atoms with van der Waals surface area (Å²) in [5, 5.41) is 8.21. The minimum absolute atomic E-state index is 0.00796. The number of halogens is 1. The lowest BCUT2D eigenvalue weighted by Gasteiger charge is -2.17. The van der Waals surface area contributed by atoms with Crippen LogP contribution in [0.1, 0.15) is 12.5 Å². The number of hydrogen-bond acceptors (Lipinski definition) is 3. The molecule has 18 heavy (non-hydrogen) atoms. The number of amides is 1. The maximum atomic E-state index is 12.3. The summed E-state index contributed by atoms with van der Waals surface area (Å²) in [6.45, 7) is 0.646. The van der Waals surface area contributed by atoms with Gasteiger partial charge in [0.2, 0.25) is 0 Å². The van der Waals surface area contributed by atoms with Crippen molar-refractivity contribution in [2.75, 3.05) is 11.4 Å². The maximum absolute atomic E-state index is 12.3. The van der Waals surface area contributed by atoms with Gasteiger partial charge in [-0.1, -0.05) is 28.9 Å². The molecule has 5 nitrogen and oxygen atoms in total. The molecule has 1 aromatic carbocycles. The van der Waals surface area contributed by atoms with Gasteiger partial charge in [-0.15, -0.1) is 5.10 Å². The highest BCUT2D eigenvalue weighted by atomic mass is 35.5. The minimum Gasteiger partial charge on any atom is -0.309 e. The predicted octanol–water partition coefficient (Wildman–Crippen LogP) is 1.91. The molecule has 1 amide bonds. The molecule has 1 aromatic heterocycles. The van der Waals surface area contributed by atoms with Crippen LogP contribution < -0.4 is 4.90 Å². The Kier molecular flexibility index (Phi) is 2.76. The molecule has 1 saturated heterocycles. The van der Waals surface area contributed by atoms with Gasteiger partial charge in [0.1, 0.15) is 6.04 Å². The van der Waals surface area contributed by atoms with Crippen LogP contribution in [-0.2, 0) is 4.79 Å². The molecule has 1 aliphatic rings. The van der Waals surface area contributed by atoms with Crippen molar-refractivity contribution in [2.24, 2.45) is 0 Å². The number of benzene rings is 1. The van der Waals surface area contributed by atoms with E-state index in [0.717, 1.165) is 5.69 Å². The Balaban J connectivity index is 1.90. The number of carbonyl (C=O) groups is 1. The van der Waals surface area contributed by atoms with Crippen LogP contribution in [0, 0.1) is 0 Å². The van der Waals surface area contributed by atoms with E-state index in [2.05, 4.69) is 10.3 Å². The van der Waals surface area contributed by atoms with Crippen molar-refractivity contribution in [2.45, 2.75) is 12.5 Å². The Bertz CT molecular complexity index is 569. The first-order valence-corrected chi connectivity index (χ1v) is 6.07. The number of rotatable bonds is 2. The van der Waals surface area contributed by atoms with E-state index in [1.54, 1.807) is 28.0 Å². The van der Waals surface area contributed by atoms with Gasteiger partial charge in [-0.3, -0.25) is 4.79 Å². The summed E-state index contributed by atoms with van der Waals surface area (Å²) in [6, 6.07) is 7.08. The number of para-hydroxylation sites is 1. The summed E-state index contributed by atoms with van der Waals surface area (Å²) >= 11 is 6.11. The molecule has 0 saturated carbocycles. The molecule has 3 rings (SSSR count). The first-order valence-electron chi connectivity index (χ1n) is 5.69. The molecule has 92 valence electrons. The summed E-state index contributed by atoms with van der Waals surface area (Å²) in [4.78, 5) is 14.0. The van der Waals surface area contributed by atoms with Crippen LogP contribution in [0.3, 0.4) is 0 Å². The summed E-state index contributed by atoms with van der Waals surface area (Å²) in [7, 11) is 0. The highest BCUT2D eigenvalue weighted by molar-refractivity contribution is 6.33. The van der Waals surface area contributed by atoms with Gasteiger partial charge in [-0.25, -0.2) is 4.68 Å². The predicted molar refractivity (Wildman–Crippen MR) is 67.5 cm³/mol. The molecule has 6 heteroatoms. The lowest BCUT2D eigenvalue weighted by molar-refractivity contribution is -0.120. The zero-order valence-corrected chi connectivity index (χ0v) is 10.3. The topological polar surface area (TPSA) is 51.0 Å². The second-order valence-corrected chi connectivity index (χ2v) is 4.54. The molecule has 2 aromatic rings. The second kappa shape index (κ2) is 4.42. The first kappa shape index (κ1) is 11.2. The maximum Gasteiger partial charge on any atom is 0.252 e. The molecule has 0 N–H and O–H groups in total. The molecule has 1 fully saturated rings. The summed E-state index contributed by atoms with van der Waals surface area (Å²) in [5.74, 6) is 0.00796. The quantitative estimate of drug-likeness (QED) is 0.831. The largest absolute Gasteiger partial charge is 0.309 e. The highest BCUT2D eigenvalue weighted by Crippen LogP contribution is 2.32. The van der Waals surface area contributed by atoms with E-state index in [0.29, 0.717) is 18.0 Å². The standard InChI is InChI=1S/C12H11ClN4O/c13-9-3-1-2-4-10(9)16-7-5-11(12(16)18)17-8-6-14-15-17/h1-4,6,8,11H,5,7H2. The number of nitrogens with zero attached hydrogens (tertiary/aromatic N) is 4. The molecule has 0 radical (unpaired) electrons. The van der Waals surface area contributed by atoms with Gasteiger partial charge in [-0.05, 0) is 18.6 Å². The van der Waals surface area contributed by atoms with Gasteiger partial charge in [0.15, 0.2) is 0 Å². The van der Waals surface area contributed by atoms with Gasteiger partial charge >= 0.3 is 0 Å². The Labute approximate surface area is 109 Å². The van der Waals surface area contributed by atoms with Crippen molar-refractivity contribution in [3.63, 3.8) is 0 Å². The fourth-order valence-corrected chi connectivity index (χ4v) is 2.44. The number of aromatic nitrogens is 3. The van der Waals surface area contributed by atoms with Crippen molar-refractivity contribution in [3.8, 4) is 0 Å². The van der Waals surface area contributed by atoms with Crippen LogP contribution in [0.25, 0.3) is 0 Å². The van der Waals surface area contributed by atoms with Crippen molar-refractivity contribution in [1.29, 1.82) is 0 Å². The van der Waals surface area contributed by atoms with Crippen molar-refractivity contribution >= 4 is 23.2 Å². The number of hydrogen-bond donors (Lipinski definition) is 0. The van der Waals surface area contributed by atoms with Crippen molar-refractivity contribution in [3.05, 3.63) is 41.7 Å². The van der Waals surface area contributed by atoms with Crippen LogP contribution in [-0.4, -0.2) is 27.4 Å². The molecular formula is C12H11ClN4O. The third-order valence-electron chi connectivity index (χ3n) is 3.08. The van der Waals surface area contributed by atoms with Crippen LogP contribution in [0.15, 0.2) is 36.7 Å². The van der Waals surface area contributed by atoms with Crippen LogP contribution >= 0.6 is 11.6 Å². The lowest BCUT2D eigenvalue weighted by Crippen LogP contribution is -2.28. The van der Waals surface area contributed by atoms with E-state index >= 15 is 0 Å². The van der Waals surface area contributed by atoms with E-state index in [4.69, 9.17) is 11.6 Å². The monoisotopic (exact) mass is 262 g/mol. The normalized spacial score (nSPS) is 19.5. The van der Waals surface area contributed by atoms with Gasteiger partial charge in [0.25, 0.3) is 5.91 Å². The minimum atomic E-state index is -0.274. The van der Waals surface area contributed by atoms with Crippen LogP contribution in [0.2, 0.25) is 5.02 Å². The fraction of sp³-hybridized carbons (Fsp3) is 0.250. The molecule has 1 atom stereocenters. The zero-order valence-electron chi connectivity index (χ0n) is 9.53. The molecule has 0 spiro atoms. The average Bonchev–Trinajstić information content (AvgIpc) is 2.99. The van der Waals surface area contributed by atoms with Crippen molar-refractivity contribution < 1.29 is 4.79 Å². The summed E-state index contributed by atoms with van der Waals surface area (Å²) in [6.07, 6.45) is 4.00. The summed E-state index contributed by atoms with van der Waals surface area (Å²) < 4.78 is 1.60. The molecule has 1 unspecified atom stereocenters. The molecular weight excluding hydrogens is 252 g/mol. The van der Waals surface area contributed by atoms with Gasteiger partial charge in [0.05, 0.1) is 16.9 Å². The van der Waals surface area contributed by atoms with Crippen LogP contribution in [0.4, 0.5) is 5.69 Å². The smallest absolute Gasteiger partial charge is 0.252 e. The lowest BCUT2D eigenvalue weighted by atomic mass is 10.2. The van der Waals surface area contributed by atoms with E-state index < -0.39 is 0 Å². The first-order chi connectivity index (χ1) is 8.77. The van der Waals surface area contributed by atoms with E-state index in [-0.39, 0.29) is 11.9 Å². The Hall–Kier alpha value is -1.88. The Morgan fingerprint density at radius 1 is 1.33 bits per heavy atom. The number of anilines is 1. The van der Waals surface area contributed by atoms with Crippen molar-refractivity contribution in [1.82, 2.24) is 15.0 Å².